The third-order valence-corrected chi connectivity index (χ3v) is 7.49. The second-order valence-corrected chi connectivity index (χ2v) is 10.2. The predicted molar refractivity (Wildman–Crippen MR) is 123 cm³/mol. The van der Waals surface area contributed by atoms with E-state index in [0.717, 1.165) is 38.8 Å². The van der Waals surface area contributed by atoms with Crippen LogP contribution in [-0.2, 0) is 16.1 Å². The number of carbonyl (C=O) groups is 1. The smallest absolute Gasteiger partial charge is 0.237 e. The molecule has 0 aromatic carbocycles. The lowest BCUT2D eigenvalue weighted by atomic mass is 9.86. The summed E-state index contributed by atoms with van der Waals surface area (Å²) in [6.07, 6.45) is 6.67. The molecule has 0 spiro atoms. The minimum atomic E-state index is -1.32. The maximum absolute atomic E-state index is 13.1. The van der Waals surface area contributed by atoms with Crippen molar-refractivity contribution in [2.45, 2.75) is 88.0 Å². The Morgan fingerprint density at radius 1 is 1.31 bits per heavy atom. The molecule has 2 saturated heterocycles. The molecule has 3 heterocycles. The molecule has 1 aromatic heterocycles. The van der Waals surface area contributed by atoms with Crippen molar-refractivity contribution in [2.24, 2.45) is 11.8 Å². The van der Waals surface area contributed by atoms with Crippen LogP contribution in [0, 0.1) is 11.8 Å². The molecular formula is C22H38N4O5S. The zero-order chi connectivity index (χ0) is 23.3. The van der Waals surface area contributed by atoms with Crippen molar-refractivity contribution in [1.29, 1.82) is 0 Å². The molecule has 3 rings (SSSR count). The van der Waals surface area contributed by atoms with E-state index >= 15 is 0 Å². The summed E-state index contributed by atoms with van der Waals surface area (Å²) in [5.41, 5.74) is -0.663. The van der Waals surface area contributed by atoms with Crippen molar-refractivity contribution in [3.63, 3.8) is 0 Å². The summed E-state index contributed by atoms with van der Waals surface area (Å²) in [6.45, 7) is 5.61. The minimum Gasteiger partial charge on any atom is -0.388 e. The topological polar surface area (TPSA) is 129 Å². The highest BCUT2D eigenvalue weighted by Gasteiger charge is 2.47. The van der Waals surface area contributed by atoms with E-state index in [4.69, 9.17) is 4.74 Å². The number of thioether (sulfide) groups is 1. The van der Waals surface area contributed by atoms with Gasteiger partial charge in [0.2, 0.25) is 5.91 Å². The number of hydrogen-bond donors (Lipinski definition) is 5. The van der Waals surface area contributed by atoms with Crippen molar-refractivity contribution in [2.75, 3.05) is 12.8 Å². The van der Waals surface area contributed by atoms with Crippen molar-refractivity contribution < 1.29 is 24.9 Å². The first kappa shape index (κ1) is 25.5. The van der Waals surface area contributed by atoms with Gasteiger partial charge < -0.3 is 35.3 Å². The Balaban J connectivity index is 1.56. The molecule has 0 saturated carbocycles. The standard InChI is InChI=1S/C22H38N4O5S/c1-13(2)16(20-18(28)17(27)19(29)22(31-20)32-3)25-21(30)15-11-14(6-7-24-15)5-4-9-26-10-8-23-12-26/h8,10,12-20,22,24,27-29H,4-7,9,11H2,1-3H3,(H,25,30)/t14-,15+,16-,17+,18-,19-,20-,22-/m1/s1. The summed E-state index contributed by atoms with van der Waals surface area (Å²) in [4.78, 5) is 17.2. The summed E-state index contributed by atoms with van der Waals surface area (Å²) < 4.78 is 7.98. The first-order chi connectivity index (χ1) is 15.3. The first-order valence-corrected chi connectivity index (χ1v) is 12.8. The van der Waals surface area contributed by atoms with E-state index in [-0.39, 0.29) is 17.9 Å². The minimum absolute atomic E-state index is 0.0295. The second-order valence-electron chi connectivity index (χ2n) is 9.29. The molecule has 2 aliphatic rings. The van der Waals surface area contributed by atoms with Gasteiger partial charge in [0.25, 0.3) is 0 Å². The number of aromatic nitrogens is 2. The molecular weight excluding hydrogens is 432 g/mol. The molecule has 2 aliphatic heterocycles. The summed E-state index contributed by atoms with van der Waals surface area (Å²) in [5, 5.41) is 37.4. The van der Waals surface area contributed by atoms with E-state index in [9.17, 15) is 20.1 Å². The number of nitrogens with zero attached hydrogens (tertiary/aromatic N) is 2. The highest BCUT2D eigenvalue weighted by molar-refractivity contribution is 7.99. The van der Waals surface area contributed by atoms with Gasteiger partial charge in [0.1, 0.15) is 29.9 Å². The van der Waals surface area contributed by atoms with Gasteiger partial charge in [0.15, 0.2) is 0 Å². The van der Waals surface area contributed by atoms with Crippen LogP contribution in [0.2, 0.25) is 0 Å². The highest BCUT2D eigenvalue weighted by Crippen LogP contribution is 2.30. The van der Waals surface area contributed by atoms with Crippen LogP contribution >= 0.6 is 11.8 Å². The molecule has 0 bridgehead atoms. The molecule has 2 fully saturated rings. The van der Waals surface area contributed by atoms with Gasteiger partial charge in [-0.2, -0.15) is 0 Å². The number of aliphatic hydroxyl groups is 3. The molecule has 8 atom stereocenters. The maximum atomic E-state index is 13.1. The summed E-state index contributed by atoms with van der Waals surface area (Å²) in [5.74, 6) is 0.334. The summed E-state index contributed by atoms with van der Waals surface area (Å²) in [7, 11) is 0. The van der Waals surface area contributed by atoms with E-state index < -0.39 is 35.9 Å². The maximum Gasteiger partial charge on any atom is 0.237 e. The molecule has 5 N–H and O–H groups in total. The Labute approximate surface area is 194 Å². The fourth-order valence-electron chi connectivity index (χ4n) is 4.70. The normalized spacial score (nSPS) is 34.4. The lowest BCUT2D eigenvalue weighted by molar-refractivity contribution is -0.208. The lowest BCUT2D eigenvalue weighted by Gasteiger charge is -2.44. The summed E-state index contributed by atoms with van der Waals surface area (Å²) >= 11 is 1.27. The van der Waals surface area contributed by atoms with Gasteiger partial charge in [-0.25, -0.2) is 4.98 Å². The van der Waals surface area contributed by atoms with E-state index in [1.807, 2.05) is 26.4 Å². The van der Waals surface area contributed by atoms with Gasteiger partial charge in [-0.1, -0.05) is 13.8 Å². The van der Waals surface area contributed by atoms with Crippen LogP contribution in [0.3, 0.4) is 0 Å². The van der Waals surface area contributed by atoms with Gasteiger partial charge in [0.05, 0.1) is 18.4 Å². The third-order valence-electron chi connectivity index (χ3n) is 6.64. The van der Waals surface area contributed by atoms with Crippen molar-refractivity contribution in [3.05, 3.63) is 18.7 Å². The Hall–Kier alpha value is -1.17. The van der Waals surface area contributed by atoms with Crippen LogP contribution in [0.15, 0.2) is 18.7 Å². The number of rotatable bonds is 9. The number of nitrogens with one attached hydrogen (secondary N) is 2. The average Bonchev–Trinajstić information content (AvgIpc) is 3.30. The molecule has 10 heteroatoms. The van der Waals surface area contributed by atoms with Crippen molar-refractivity contribution >= 4 is 17.7 Å². The number of amides is 1. The lowest BCUT2D eigenvalue weighted by Crippen LogP contribution is -2.65. The molecule has 0 radical (unpaired) electrons. The Morgan fingerprint density at radius 3 is 2.75 bits per heavy atom. The second kappa shape index (κ2) is 11.8. The fourth-order valence-corrected chi connectivity index (χ4v) is 5.38. The van der Waals surface area contributed by atoms with Gasteiger partial charge in [0, 0.05) is 18.9 Å². The molecule has 9 nitrogen and oxygen atoms in total. The van der Waals surface area contributed by atoms with Gasteiger partial charge in [-0.3, -0.25) is 4.79 Å². The molecule has 1 aromatic rings. The van der Waals surface area contributed by atoms with Crippen LogP contribution in [0.1, 0.15) is 39.5 Å². The Kier molecular flexibility index (Phi) is 9.39. The molecule has 1 amide bonds. The Bertz CT molecular complexity index is 705. The van der Waals surface area contributed by atoms with E-state index in [1.165, 1.54) is 11.8 Å². The fraction of sp³-hybridized carbons (Fsp3) is 0.818. The predicted octanol–water partition coefficient (Wildman–Crippen LogP) is 0.343. The number of imidazole rings is 1. The van der Waals surface area contributed by atoms with E-state index in [0.29, 0.717) is 5.92 Å². The molecule has 0 unspecified atom stereocenters. The number of hydrogen-bond acceptors (Lipinski definition) is 8. The Morgan fingerprint density at radius 2 is 2.09 bits per heavy atom. The third kappa shape index (κ3) is 6.24. The largest absolute Gasteiger partial charge is 0.388 e. The van der Waals surface area contributed by atoms with Gasteiger partial charge in [-0.05, 0) is 50.3 Å². The van der Waals surface area contributed by atoms with E-state index in [1.54, 1.807) is 12.5 Å². The van der Waals surface area contributed by atoms with Crippen molar-refractivity contribution in [1.82, 2.24) is 20.2 Å². The highest BCUT2D eigenvalue weighted by atomic mass is 32.2. The van der Waals surface area contributed by atoms with Gasteiger partial charge >= 0.3 is 0 Å². The van der Waals surface area contributed by atoms with Crippen LogP contribution in [-0.4, -0.2) is 85.5 Å². The molecule has 182 valence electrons. The molecule has 0 aliphatic carbocycles. The SMILES string of the molecule is CS[C@H]1O[C@H]([C@H](NC(=O)[C@@H]2C[C@H](CCCn3ccnc3)CCN2)C(C)C)[C@H](O)[C@H](O)[C@H]1O. The number of aliphatic hydroxyl groups excluding tert-OH is 3. The van der Waals surface area contributed by atoms with Crippen LogP contribution in [0.5, 0.6) is 0 Å². The van der Waals surface area contributed by atoms with Crippen LogP contribution in [0.25, 0.3) is 0 Å². The molecule has 32 heavy (non-hydrogen) atoms. The average molecular weight is 471 g/mol. The number of piperidine rings is 1. The number of ether oxygens (including phenoxy) is 1. The van der Waals surface area contributed by atoms with Crippen LogP contribution < -0.4 is 10.6 Å². The van der Waals surface area contributed by atoms with Gasteiger partial charge in [-0.15, -0.1) is 11.8 Å². The van der Waals surface area contributed by atoms with Crippen molar-refractivity contribution in [3.8, 4) is 0 Å². The number of carbonyl (C=O) groups excluding carboxylic acids is 1. The first-order valence-electron chi connectivity index (χ1n) is 11.5. The monoisotopic (exact) mass is 470 g/mol. The number of aryl methyl sites for hydroxylation is 1. The van der Waals surface area contributed by atoms with E-state index in [2.05, 4.69) is 20.2 Å². The zero-order valence-corrected chi connectivity index (χ0v) is 19.9. The zero-order valence-electron chi connectivity index (χ0n) is 19.1. The van der Waals surface area contributed by atoms with Crippen LogP contribution in [0.4, 0.5) is 0 Å². The quantitative estimate of drug-likeness (QED) is 0.350. The summed E-state index contributed by atoms with van der Waals surface area (Å²) in [6, 6.07) is -0.784.